The fourth-order valence-corrected chi connectivity index (χ4v) is 1.80. The van der Waals surface area contributed by atoms with Gasteiger partial charge >= 0.3 is 0 Å². The monoisotopic (exact) mass is 238 g/mol. The average molecular weight is 238 g/mol. The van der Waals surface area contributed by atoms with Gasteiger partial charge in [0.25, 0.3) is 0 Å². The van der Waals surface area contributed by atoms with E-state index in [1.165, 1.54) is 19.2 Å². The molecule has 0 saturated carbocycles. The third-order valence-corrected chi connectivity index (χ3v) is 3.10. The molecule has 0 N–H and O–H groups in total. The van der Waals surface area contributed by atoms with E-state index in [1.54, 1.807) is 6.07 Å². The molecule has 0 saturated heterocycles. The first-order chi connectivity index (χ1) is 8.12. The van der Waals surface area contributed by atoms with Crippen LogP contribution in [0.5, 0.6) is 5.75 Å². The van der Waals surface area contributed by atoms with Crippen molar-refractivity contribution < 1.29 is 13.9 Å². The van der Waals surface area contributed by atoms with Crippen LogP contribution in [0.1, 0.15) is 43.5 Å². The van der Waals surface area contributed by atoms with Crippen LogP contribution in [0.3, 0.4) is 0 Å². The SMILES string of the molecule is CCC(CC)CC(=O)c1ccc(OC)c(F)c1. The largest absolute Gasteiger partial charge is 0.494 e. The fraction of sp³-hybridized carbons (Fsp3) is 0.500. The second-order valence-corrected chi connectivity index (χ2v) is 4.16. The van der Waals surface area contributed by atoms with Crippen LogP contribution < -0.4 is 4.74 Å². The predicted molar refractivity (Wildman–Crippen MR) is 66.0 cm³/mol. The third kappa shape index (κ3) is 3.55. The highest BCUT2D eigenvalue weighted by molar-refractivity contribution is 5.96. The molecular weight excluding hydrogens is 219 g/mol. The maximum Gasteiger partial charge on any atom is 0.165 e. The zero-order chi connectivity index (χ0) is 12.8. The van der Waals surface area contributed by atoms with Crippen molar-refractivity contribution in [3.63, 3.8) is 0 Å². The lowest BCUT2D eigenvalue weighted by atomic mass is 9.94. The van der Waals surface area contributed by atoms with Crippen molar-refractivity contribution in [2.24, 2.45) is 5.92 Å². The van der Waals surface area contributed by atoms with E-state index in [1.807, 2.05) is 0 Å². The standard InChI is InChI=1S/C14H19FO2/c1-4-10(5-2)8-13(16)11-6-7-14(17-3)12(15)9-11/h6-7,9-10H,4-5,8H2,1-3H3. The molecule has 1 aromatic carbocycles. The molecule has 17 heavy (non-hydrogen) atoms. The Hall–Kier alpha value is -1.38. The van der Waals surface area contributed by atoms with E-state index in [4.69, 9.17) is 4.74 Å². The van der Waals surface area contributed by atoms with Gasteiger partial charge in [-0.3, -0.25) is 4.79 Å². The second kappa shape index (κ2) is 6.38. The van der Waals surface area contributed by atoms with E-state index in [-0.39, 0.29) is 11.5 Å². The maximum absolute atomic E-state index is 13.4. The Balaban J connectivity index is 2.79. The van der Waals surface area contributed by atoms with Crippen LogP contribution in [0.2, 0.25) is 0 Å². The summed E-state index contributed by atoms with van der Waals surface area (Å²) in [6.45, 7) is 4.13. The fourth-order valence-electron chi connectivity index (χ4n) is 1.80. The van der Waals surface area contributed by atoms with Crippen molar-refractivity contribution in [2.75, 3.05) is 7.11 Å². The average Bonchev–Trinajstić information content (AvgIpc) is 2.35. The van der Waals surface area contributed by atoms with Gasteiger partial charge in [-0.15, -0.1) is 0 Å². The van der Waals surface area contributed by atoms with Gasteiger partial charge in [0, 0.05) is 12.0 Å². The van der Waals surface area contributed by atoms with Gasteiger partial charge < -0.3 is 4.74 Å². The molecule has 0 heterocycles. The molecule has 0 amide bonds. The Morgan fingerprint density at radius 1 is 1.35 bits per heavy atom. The summed E-state index contributed by atoms with van der Waals surface area (Å²) in [6.07, 6.45) is 2.43. The first-order valence-electron chi connectivity index (χ1n) is 5.99. The van der Waals surface area contributed by atoms with Crippen LogP contribution in [0.15, 0.2) is 18.2 Å². The van der Waals surface area contributed by atoms with Crippen molar-refractivity contribution in [2.45, 2.75) is 33.1 Å². The van der Waals surface area contributed by atoms with Gasteiger partial charge in [-0.25, -0.2) is 4.39 Å². The Kier molecular flexibility index (Phi) is 5.13. The summed E-state index contributed by atoms with van der Waals surface area (Å²) >= 11 is 0. The number of carbonyl (C=O) groups is 1. The van der Waals surface area contributed by atoms with Gasteiger partial charge in [-0.2, -0.15) is 0 Å². The van der Waals surface area contributed by atoms with Crippen molar-refractivity contribution in [1.29, 1.82) is 0 Å². The smallest absolute Gasteiger partial charge is 0.165 e. The van der Waals surface area contributed by atoms with Crippen LogP contribution in [0, 0.1) is 11.7 Å². The van der Waals surface area contributed by atoms with Crippen molar-refractivity contribution in [3.8, 4) is 5.75 Å². The number of halogens is 1. The van der Waals surface area contributed by atoms with E-state index in [0.29, 0.717) is 17.9 Å². The Morgan fingerprint density at radius 2 is 2.00 bits per heavy atom. The topological polar surface area (TPSA) is 26.3 Å². The lowest BCUT2D eigenvalue weighted by molar-refractivity contribution is 0.0958. The summed E-state index contributed by atoms with van der Waals surface area (Å²) in [7, 11) is 1.41. The Bertz CT molecular complexity index is 384. The van der Waals surface area contributed by atoms with E-state index >= 15 is 0 Å². The highest BCUT2D eigenvalue weighted by Crippen LogP contribution is 2.21. The van der Waals surface area contributed by atoms with Crippen LogP contribution in [-0.2, 0) is 0 Å². The summed E-state index contributed by atoms with van der Waals surface area (Å²) in [5.74, 6) is 0.0693. The van der Waals surface area contributed by atoms with Gasteiger partial charge in [0.2, 0.25) is 0 Å². The molecule has 0 aromatic heterocycles. The minimum absolute atomic E-state index is 0.000234. The number of methoxy groups -OCH3 is 1. The van der Waals surface area contributed by atoms with Crippen molar-refractivity contribution in [3.05, 3.63) is 29.6 Å². The third-order valence-electron chi connectivity index (χ3n) is 3.10. The Morgan fingerprint density at radius 3 is 2.47 bits per heavy atom. The number of ketones is 1. The molecule has 1 aromatic rings. The molecule has 1 rings (SSSR count). The molecule has 2 nitrogen and oxygen atoms in total. The zero-order valence-corrected chi connectivity index (χ0v) is 10.6. The number of ether oxygens (including phenoxy) is 1. The maximum atomic E-state index is 13.4. The highest BCUT2D eigenvalue weighted by atomic mass is 19.1. The number of hydrogen-bond donors (Lipinski definition) is 0. The Labute approximate surface area is 102 Å². The minimum atomic E-state index is -0.483. The van der Waals surface area contributed by atoms with Crippen LogP contribution in [0.25, 0.3) is 0 Å². The first kappa shape index (κ1) is 13.7. The molecule has 0 aliphatic carbocycles. The summed E-state index contributed by atoms with van der Waals surface area (Å²) in [5, 5.41) is 0. The van der Waals surface area contributed by atoms with Gasteiger partial charge in [0.1, 0.15) is 0 Å². The van der Waals surface area contributed by atoms with Crippen molar-refractivity contribution >= 4 is 5.78 Å². The van der Waals surface area contributed by atoms with Gasteiger partial charge in [-0.1, -0.05) is 26.7 Å². The normalized spacial score (nSPS) is 10.6. The van der Waals surface area contributed by atoms with E-state index in [9.17, 15) is 9.18 Å². The molecule has 0 aliphatic heterocycles. The number of hydrogen-bond acceptors (Lipinski definition) is 2. The summed E-state index contributed by atoms with van der Waals surface area (Å²) in [4.78, 5) is 11.9. The summed E-state index contributed by atoms with van der Waals surface area (Å²) in [5.41, 5.74) is 0.426. The molecule has 0 fully saturated rings. The van der Waals surface area contributed by atoms with Crippen molar-refractivity contribution in [1.82, 2.24) is 0 Å². The molecule has 94 valence electrons. The van der Waals surface area contributed by atoms with E-state index in [0.717, 1.165) is 12.8 Å². The molecule has 0 radical (unpaired) electrons. The van der Waals surface area contributed by atoms with Crippen LogP contribution in [-0.4, -0.2) is 12.9 Å². The molecule has 0 spiro atoms. The number of carbonyl (C=O) groups excluding carboxylic acids is 1. The second-order valence-electron chi connectivity index (χ2n) is 4.16. The van der Waals surface area contributed by atoms with Gasteiger partial charge in [-0.05, 0) is 24.1 Å². The summed E-state index contributed by atoms with van der Waals surface area (Å²) < 4.78 is 18.3. The van der Waals surface area contributed by atoms with E-state index < -0.39 is 5.82 Å². The minimum Gasteiger partial charge on any atom is -0.494 e. The lowest BCUT2D eigenvalue weighted by Crippen LogP contribution is -2.08. The molecule has 0 unspecified atom stereocenters. The first-order valence-corrected chi connectivity index (χ1v) is 5.99. The summed E-state index contributed by atoms with van der Waals surface area (Å²) in [6, 6.07) is 4.37. The quantitative estimate of drug-likeness (QED) is 0.704. The highest BCUT2D eigenvalue weighted by Gasteiger charge is 2.14. The molecular formula is C14H19FO2. The van der Waals surface area contributed by atoms with Crippen LogP contribution >= 0.6 is 0 Å². The predicted octanol–water partition coefficient (Wildman–Crippen LogP) is 3.84. The molecule has 0 aliphatic rings. The molecule has 0 atom stereocenters. The number of rotatable bonds is 6. The number of Topliss-reactive ketones (excluding diaryl/α,β-unsaturated/α-hetero) is 1. The van der Waals surface area contributed by atoms with Gasteiger partial charge in [0.15, 0.2) is 17.3 Å². The van der Waals surface area contributed by atoms with E-state index in [2.05, 4.69) is 13.8 Å². The molecule has 3 heteroatoms. The van der Waals surface area contributed by atoms with Gasteiger partial charge in [0.05, 0.1) is 7.11 Å². The lowest BCUT2D eigenvalue weighted by Gasteiger charge is -2.11. The number of benzene rings is 1. The molecule has 0 bridgehead atoms. The zero-order valence-electron chi connectivity index (χ0n) is 10.6. The van der Waals surface area contributed by atoms with Crippen LogP contribution in [0.4, 0.5) is 4.39 Å².